The average Bonchev–Trinajstić information content (AvgIpc) is 3.11. The zero-order valence-corrected chi connectivity index (χ0v) is 15.4. The largest absolute Gasteiger partial charge is 0.493 e. The quantitative estimate of drug-likeness (QED) is 0.504. The van der Waals surface area contributed by atoms with Gasteiger partial charge in [0, 0.05) is 22.7 Å². The van der Waals surface area contributed by atoms with Crippen molar-refractivity contribution in [2.24, 2.45) is 0 Å². The van der Waals surface area contributed by atoms with Crippen LogP contribution in [0.5, 0.6) is 11.5 Å². The number of carbonyl (C=O) groups excluding carboxylic acids is 2. The van der Waals surface area contributed by atoms with E-state index in [4.69, 9.17) is 14.2 Å². The summed E-state index contributed by atoms with van der Waals surface area (Å²) in [5.74, 6) is 0.108. The maximum atomic E-state index is 12.7. The van der Waals surface area contributed by atoms with Gasteiger partial charge in [0.05, 0.1) is 19.3 Å². The van der Waals surface area contributed by atoms with Gasteiger partial charge in [0.2, 0.25) is 5.78 Å². The molecule has 1 atom stereocenters. The number of aromatic nitrogens is 1. The van der Waals surface area contributed by atoms with Crippen LogP contribution in [0.15, 0.2) is 48.7 Å². The molecule has 3 aromatic rings. The molecular weight excluding hydrogens is 346 g/mol. The van der Waals surface area contributed by atoms with E-state index in [0.29, 0.717) is 23.7 Å². The fourth-order valence-electron chi connectivity index (χ4n) is 2.85. The lowest BCUT2D eigenvalue weighted by molar-refractivity contribution is 0.0319. The third-order valence-electron chi connectivity index (χ3n) is 4.21. The van der Waals surface area contributed by atoms with Crippen LogP contribution in [0, 0.1) is 0 Å². The number of hydrogen-bond acceptors (Lipinski definition) is 5. The Bertz CT molecular complexity index is 976. The second-order valence-electron chi connectivity index (χ2n) is 5.96. The number of nitrogens with one attached hydrogen (secondary N) is 1. The molecule has 0 aliphatic rings. The first-order valence-corrected chi connectivity index (χ1v) is 8.67. The maximum absolute atomic E-state index is 12.7. The van der Waals surface area contributed by atoms with E-state index in [1.165, 1.54) is 13.2 Å². The smallest absolute Gasteiger partial charge is 0.338 e. The monoisotopic (exact) mass is 367 g/mol. The first-order valence-electron chi connectivity index (χ1n) is 8.67. The Labute approximate surface area is 157 Å². The standard InChI is InChI=1S/C21H21NO5/c1-4-26-18-10-9-14(11-19(18)25-3)21(24)27-13(2)20(23)16-12-22-17-8-6-5-7-15(16)17/h5-13,22H,4H2,1-3H3/t13-/m0/s1. The molecule has 3 rings (SSSR count). The highest BCUT2D eigenvalue weighted by atomic mass is 16.5. The fourth-order valence-corrected chi connectivity index (χ4v) is 2.85. The molecule has 140 valence electrons. The minimum Gasteiger partial charge on any atom is -0.493 e. The number of aromatic amines is 1. The summed E-state index contributed by atoms with van der Waals surface area (Å²) in [6.45, 7) is 3.91. The second-order valence-corrected chi connectivity index (χ2v) is 5.96. The molecule has 0 saturated carbocycles. The Balaban J connectivity index is 1.76. The number of hydrogen-bond donors (Lipinski definition) is 1. The Kier molecular flexibility index (Phi) is 5.45. The number of fused-ring (bicyclic) bond motifs is 1. The van der Waals surface area contributed by atoms with Crippen molar-refractivity contribution in [1.82, 2.24) is 4.98 Å². The van der Waals surface area contributed by atoms with Gasteiger partial charge in [-0.2, -0.15) is 0 Å². The number of ether oxygens (including phenoxy) is 3. The van der Waals surface area contributed by atoms with E-state index in [2.05, 4.69) is 4.98 Å². The Morgan fingerprint density at radius 1 is 1.11 bits per heavy atom. The fraction of sp³-hybridized carbons (Fsp3) is 0.238. The zero-order valence-electron chi connectivity index (χ0n) is 15.4. The van der Waals surface area contributed by atoms with Crippen LogP contribution in [-0.2, 0) is 4.74 Å². The van der Waals surface area contributed by atoms with E-state index in [9.17, 15) is 9.59 Å². The summed E-state index contributed by atoms with van der Waals surface area (Å²) >= 11 is 0. The molecule has 6 nitrogen and oxygen atoms in total. The second kappa shape index (κ2) is 7.95. The SMILES string of the molecule is CCOc1ccc(C(=O)O[C@@H](C)C(=O)c2c[nH]c3ccccc23)cc1OC. The van der Waals surface area contributed by atoms with Crippen LogP contribution in [-0.4, -0.2) is 36.6 Å². The molecule has 0 saturated heterocycles. The Morgan fingerprint density at radius 2 is 1.89 bits per heavy atom. The first-order chi connectivity index (χ1) is 13.0. The number of H-pyrrole nitrogens is 1. The third kappa shape index (κ3) is 3.79. The van der Waals surface area contributed by atoms with Gasteiger partial charge in [-0.1, -0.05) is 18.2 Å². The number of benzene rings is 2. The minimum absolute atomic E-state index is 0.265. The summed E-state index contributed by atoms with van der Waals surface area (Å²) in [4.78, 5) is 28.2. The summed E-state index contributed by atoms with van der Waals surface area (Å²) < 4.78 is 16.1. The molecule has 0 aliphatic heterocycles. The molecule has 2 aromatic carbocycles. The van der Waals surface area contributed by atoms with Gasteiger partial charge in [-0.05, 0) is 38.1 Å². The summed E-state index contributed by atoms with van der Waals surface area (Å²) in [6, 6.07) is 12.2. The molecule has 27 heavy (non-hydrogen) atoms. The molecular formula is C21H21NO5. The molecule has 1 aromatic heterocycles. The molecule has 6 heteroatoms. The number of carbonyl (C=O) groups is 2. The highest BCUT2D eigenvalue weighted by Gasteiger charge is 2.23. The van der Waals surface area contributed by atoms with Gasteiger partial charge >= 0.3 is 5.97 Å². The highest BCUT2D eigenvalue weighted by Crippen LogP contribution is 2.28. The number of ketones is 1. The predicted molar refractivity (Wildman–Crippen MR) is 102 cm³/mol. The van der Waals surface area contributed by atoms with Crippen LogP contribution in [0.25, 0.3) is 10.9 Å². The van der Waals surface area contributed by atoms with Gasteiger partial charge in [0.25, 0.3) is 0 Å². The molecule has 0 fully saturated rings. The average molecular weight is 367 g/mol. The molecule has 1 heterocycles. The lowest BCUT2D eigenvalue weighted by Gasteiger charge is -2.14. The normalized spacial score (nSPS) is 11.8. The van der Waals surface area contributed by atoms with E-state index in [-0.39, 0.29) is 11.3 Å². The van der Waals surface area contributed by atoms with Crippen molar-refractivity contribution in [3.63, 3.8) is 0 Å². The van der Waals surface area contributed by atoms with E-state index in [1.807, 2.05) is 31.2 Å². The lowest BCUT2D eigenvalue weighted by Crippen LogP contribution is -2.24. The van der Waals surface area contributed by atoms with Crippen molar-refractivity contribution < 1.29 is 23.8 Å². The van der Waals surface area contributed by atoms with Crippen molar-refractivity contribution in [2.75, 3.05) is 13.7 Å². The molecule has 0 unspecified atom stereocenters. The molecule has 0 radical (unpaired) electrons. The molecule has 0 amide bonds. The van der Waals surface area contributed by atoms with Gasteiger partial charge < -0.3 is 19.2 Å². The minimum atomic E-state index is -0.922. The van der Waals surface area contributed by atoms with Crippen molar-refractivity contribution in [3.8, 4) is 11.5 Å². The zero-order chi connectivity index (χ0) is 19.4. The van der Waals surface area contributed by atoms with Gasteiger partial charge in [0.1, 0.15) is 0 Å². The first kappa shape index (κ1) is 18.5. The molecule has 0 spiro atoms. The van der Waals surface area contributed by atoms with Crippen LogP contribution in [0.4, 0.5) is 0 Å². The highest BCUT2D eigenvalue weighted by molar-refractivity contribution is 6.10. The van der Waals surface area contributed by atoms with Gasteiger partial charge in [-0.15, -0.1) is 0 Å². The van der Waals surface area contributed by atoms with Crippen LogP contribution in [0.1, 0.15) is 34.6 Å². The van der Waals surface area contributed by atoms with Crippen molar-refractivity contribution in [2.45, 2.75) is 20.0 Å². The third-order valence-corrected chi connectivity index (χ3v) is 4.21. The van der Waals surface area contributed by atoms with Crippen molar-refractivity contribution >= 4 is 22.7 Å². The molecule has 1 N–H and O–H groups in total. The topological polar surface area (TPSA) is 77.6 Å². The summed E-state index contributed by atoms with van der Waals surface area (Å²) in [7, 11) is 1.50. The maximum Gasteiger partial charge on any atom is 0.338 e. The Hall–Kier alpha value is -3.28. The van der Waals surface area contributed by atoms with E-state index in [1.54, 1.807) is 25.3 Å². The van der Waals surface area contributed by atoms with Crippen LogP contribution >= 0.6 is 0 Å². The van der Waals surface area contributed by atoms with Crippen LogP contribution in [0.3, 0.4) is 0 Å². The number of rotatable bonds is 7. The summed E-state index contributed by atoms with van der Waals surface area (Å²) in [6.07, 6.45) is 0.714. The molecule has 0 aliphatic carbocycles. The Morgan fingerprint density at radius 3 is 2.63 bits per heavy atom. The van der Waals surface area contributed by atoms with Crippen molar-refractivity contribution in [1.29, 1.82) is 0 Å². The summed E-state index contributed by atoms with van der Waals surface area (Å²) in [5, 5.41) is 0.799. The van der Waals surface area contributed by atoms with Gasteiger partial charge in [-0.25, -0.2) is 4.79 Å². The number of methoxy groups -OCH3 is 1. The summed E-state index contributed by atoms with van der Waals surface area (Å²) in [5.41, 5.74) is 1.64. The van der Waals surface area contributed by atoms with Gasteiger partial charge in [-0.3, -0.25) is 4.79 Å². The van der Waals surface area contributed by atoms with Gasteiger partial charge in [0.15, 0.2) is 17.6 Å². The van der Waals surface area contributed by atoms with Crippen LogP contribution < -0.4 is 9.47 Å². The van der Waals surface area contributed by atoms with Crippen LogP contribution in [0.2, 0.25) is 0 Å². The predicted octanol–water partition coefficient (Wildman–Crippen LogP) is 4.00. The van der Waals surface area contributed by atoms with E-state index in [0.717, 1.165) is 10.9 Å². The van der Waals surface area contributed by atoms with E-state index < -0.39 is 12.1 Å². The van der Waals surface area contributed by atoms with E-state index >= 15 is 0 Å². The number of esters is 1. The number of Topliss-reactive ketones (excluding diaryl/α,β-unsaturated/α-hetero) is 1. The number of para-hydroxylation sites is 1. The molecule has 0 bridgehead atoms. The lowest BCUT2D eigenvalue weighted by atomic mass is 10.1. The van der Waals surface area contributed by atoms with Crippen molar-refractivity contribution in [3.05, 3.63) is 59.8 Å².